The summed E-state index contributed by atoms with van der Waals surface area (Å²) >= 11 is 1.57. The molecule has 1 aromatic carbocycles. The average Bonchev–Trinajstić information content (AvgIpc) is 3.45. The lowest BCUT2D eigenvalue weighted by Gasteiger charge is -2.05. The molecule has 0 aliphatic carbocycles. The molecule has 30 heavy (non-hydrogen) atoms. The van der Waals surface area contributed by atoms with Gasteiger partial charge >= 0.3 is 0 Å². The van der Waals surface area contributed by atoms with Gasteiger partial charge in [-0.2, -0.15) is 4.98 Å². The Balaban J connectivity index is 1.26. The van der Waals surface area contributed by atoms with E-state index in [2.05, 4.69) is 20.4 Å². The predicted molar refractivity (Wildman–Crippen MR) is 119 cm³/mol. The second kappa shape index (κ2) is 9.76. The molecule has 0 fully saturated rings. The topological polar surface area (TPSA) is 80.9 Å². The number of anilines is 1. The molecule has 0 bridgehead atoms. The van der Waals surface area contributed by atoms with Crippen LogP contribution in [0.1, 0.15) is 30.0 Å². The van der Waals surface area contributed by atoms with Crippen molar-refractivity contribution in [3.05, 3.63) is 83.3 Å². The highest BCUT2D eigenvalue weighted by Crippen LogP contribution is 2.21. The third kappa shape index (κ3) is 5.48. The zero-order valence-electron chi connectivity index (χ0n) is 16.2. The van der Waals surface area contributed by atoms with Crippen molar-refractivity contribution in [2.45, 2.75) is 19.3 Å². The quantitative estimate of drug-likeness (QED) is 0.420. The molecule has 0 spiro atoms. The average molecular weight is 417 g/mol. The number of benzene rings is 1. The molecule has 0 unspecified atom stereocenters. The van der Waals surface area contributed by atoms with Crippen molar-refractivity contribution in [2.75, 3.05) is 5.32 Å². The molecule has 0 aliphatic rings. The molecule has 1 N–H and O–H groups in total. The number of nitrogens with one attached hydrogen (secondary N) is 1. The Morgan fingerprint density at radius 1 is 1.10 bits per heavy atom. The molecule has 4 rings (SSSR count). The van der Waals surface area contributed by atoms with Gasteiger partial charge in [0.25, 0.3) is 0 Å². The molecule has 0 atom stereocenters. The van der Waals surface area contributed by atoms with E-state index in [1.807, 2.05) is 72.1 Å². The van der Waals surface area contributed by atoms with Crippen LogP contribution in [-0.2, 0) is 11.2 Å². The maximum atomic E-state index is 12.3. The van der Waals surface area contributed by atoms with Crippen molar-refractivity contribution < 1.29 is 9.32 Å². The van der Waals surface area contributed by atoms with E-state index in [4.69, 9.17) is 4.52 Å². The molecule has 3 heterocycles. The van der Waals surface area contributed by atoms with Crippen molar-refractivity contribution in [2.24, 2.45) is 0 Å². The Bertz CT molecular complexity index is 1120. The van der Waals surface area contributed by atoms with Gasteiger partial charge in [-0.25, -0.2) is 0 Å². The van der Waals surface area contributed by atoms with Gasteiger partial charge in [-0.05, 0) is 53.8 Å². The largest absolute Gasteiger partial charge is 0.339 e. The first kappa shape index (κ1) is 19.7. The number of thiophene rings is 1. The van der Waals surface area contributed by atoms with Gasteiger partial charge in [0, 0.05) is 24.7 Å². The van der Waals surface area contributed by atoms with Crippen molar-refractivity contribution in [3.8, 4) is 10.7 Å². The zero-order chi connectivity index (χ0) is 20.6. The summed E-state index contributed by atoms with van der Waals surface area (Å²) in [7, 11) is 0. The SMILES string of the molecule is O=C(CCCc1nc(-c2cccs2)no1)Nc1cccc(/C=C/c2ccccn2)c1. The number of aryl methyl sites for hydroxylation is 1. The van der Waals surface area contributed by atoms with Crippen LogP contribution in [-0.4, -0.2) is 21.0 Å². The third-order valence-corrected chi connectivity index (χ3v) is 5.17. The maximum absolute atomic E-state index is 12.3. The smallest absolute Gasteiger partial charge is 0.226 e. The number of rotatable bonds is 8. The van der Waals surface area contributed by atoms with E-state index in [1.54, 1.807) is 17.5 Å². The summed E-state index contributed by atoms with van der Waals surface area (Å²) in [5.74, 6) is 1.10. The van der Waals surface area contributed by atoms with E-state index in [9.17, 15) is 4.79 Å². The van der Waals surface area contributed by atoms with E-state index in [1.165, 1.54) is 0 Å². The molecule has 150 valence electrons. The minimum absolute atomic E-state index is 0.0427. The van der Waals surface area contributed by atoms with Crippen molar-refractivity contribution in [1.29, 1.82) is 0 Å². The minimum atomic E-state index is -0.0427. The molecule has 7 heteroatoms. The molecule has 0 saturated carbocycles. The normalized spacial score (nSPS) is 11.1. The van der Waals surface area contributed by atoms with Crippen LogP contribution < -0.4 is 5.32 Å². The van der Waals surface area contributed by atoms with Crippen molar-refractivity contribution in [1.82, 2.24) is 15.1 Å². The van der Waals surface area contributed by atoms with Gasteiger partial charge in [0.1, 0.15) is 0 Å². The Kier molecular flexibility index (Phi) is 6.41. The number of nitrogens with zero attached hydrogens (tertiary/aromatic N) is 3. The van der Waals surface area contributed by atoms with E-state index in [0.717, 1.165) is 21.8 Å². The van der Waals surface area contributed by atoms with E-state index in [-0.39, 0.29) is 5.91 Å². The van der Waals surface area contributed by atoms with Crippen LogP contribution in [0.4, 0.5) is 5.69 Å². The molecule has 0 radical (unpaired) electrons. The standard InChI is InChI=1S/C23H20N4O2S/c28-21(10-4-11-22-26-23(27-29-22)20-9-5-15-30-20)25-19-8-3-6-17(16-19)12-13-18-7-1-2-14-24-18/h1-3,5-9,12-16H,4,10-11H2,(H,25,28)/b13-12+. The van der Waals surface area contributed by atoms with Crippen LogP contribution in [0.25, 0.3) is 22.9 Å². The van der Waals surface area contributed by atoms with Gasteiger partial charge in [-0.1, -0.05) is 35.5 Å². The minimum Gasteiger partial charge on any atom is -0.339 e. The Morgan fingerprint density at radius 2 is 2.07 bits per heavy atom. The van der Waals surface area contributed by atoms with Gasteiger partial charge in [-0.3, -0.25) is 9.78 Å². The summed E-state index contributed by atoms with van der Waals surface area (Å²) < 4.78 is 5.27. The zero-order valence-corrected chi connectivity index (χ0v) is 17.0. The summed E-state index contributed by atoms with van der Waals surface area (Å²) in [6.07, 6.45) is 7.25. The highest BCUT2D eigenvalue weighted by atomic mass is 32.1. The number of hydrogen-bond donors (Lipinski definition) is 1. The Labute approximate surface area is 178 Å². The summed E-state index contributed by atoms with van der Waals surface area (Å²) in [4.78, 5) is 21.9. The summed E-state index contributed by atoms with van der Waals surface area (Å²) in [6.45, 7) is 0. The van der Waals surface area contributed by atoms with Gasteiger partial charge in [0.2, 0.25) is 17.6 Å². The fraction of sp³-hybridized carbons (Fsp3) is 0.130. The number of pyridine rings is 1. The number of carbonyl (C=O) groups excluding carboxylic acids is 1. The Hall–Kier alpha value is -3.58. The van der Waals surface area contributed by atoms with Crippen LogP contribution in [0.5, 0.6) is 0 Å². The monoisotopic (exact) mass is 416 g/mol. The van der Waals surface area contributed by atoms with E-state index < -0.39 is 0 Å². The molecule has 0 saturated heterocycles. The number of aromatic nitrogens is 3. The van der Waals surface area contributed by atoms with Gasteiger partial charge in [0.15, 0.2) is 0 Å². The third-order valence-electron chi connectivity index (χ3n) is 4.31. The van der Waals surface area contributed by atoms with Gasteiger partial charge in [-0.15, -0.1) is 11.3 Å². The predicted octanol–water partition coefficient (Wildman–Crippen LogP) is 5.32. The second-order valence-corrected chi connectivity index (χ2v) is 7.55. The summed E-state index contributed by atoms with van der Waals surface area (Å²) in [6, 6.07) is 17.4. The first-order valence-electron chi connectivity index (χ1n) is 9.62. The highest BCUT2D eigenvalue weighted by molar-refractivity contribution is 7.13. The van der Waals surface area contributed by atoms with Crippen LogP contribution in [0.2, 0.25) is 0 Å². The number of amides is 1. The lowest BCUT2D eigenvalue weighted by atomic mass is 10.1. The first-order valence-corrected chi connectivity index (χ1v) is 10.5. The van der Waals surface area contributed by atoms with Crippen LogP contribution in [0.15, 0.2) is 70.7 Å². The molecule has 0 aliphatic heterocycles. The van der Waals surface area contributed by atoms with Crippen LogP contribution >= 0.6 is 11.3 Å². The van der Waals surface area contributed by atoms with Crippen molar-refractivity contribution in [3.63, 3.8) is 0 Å². The molecular weight excluding hydrogens is 396 g/mol. The lowest BCUT2D eigenvalue weighted by Crippen LogP contribution is -2.11. The number of hydrogen-bond acceptors (Lipinski definition) is 6. The fourth-order valence-electron chi connectivity index (χ4n) is 2.86. The summed E-state index contributed by atoms with van der Waals surface area (Å²) in [5.41, 5.74) is 2.64. The van der Waals surface area contributed by atoms with Crippen LogP contribution in [0, 0.1) is 0 Å². The summed E-state index contributed by atoms with van der Waals surface area (Å²) in [5, 5.41) is 8.90. The van der Waals surface area contributed by atoms with Gasteiger partial charge < -0.3 is 9.84 Å². The maximum Gasteiger partial charge on any atom is 0.226 e. The number of carbonyl (C=O) groups is 1. The fourth-order valence-corrected chi connectivity index (χ4v) is 3.51. The molecule has 6 nitrogen and oxygen atoms in total. The lowest BCUT2D eigenvalue weighted by molar-refractivity contribution is -0.116. The molecule has 1 amide bonds. The second-order valence-electron chi connectivity index (χ2n) is 6.60. The Morgan fingerprint density at radius 3 is 2.90 bits per heavy atom. The first-order chi connectivity index (χ1) is 14.8. The van der Waals surface area contributed by atoms with Crippen LogP contribution in [0.3, 0.4) is 0 Å². The molecule has 3 aromatic heterocycles. The van der Waals surface area contributed by atoms with E-state index in [0.29, 0.717) is 31.0 Å². The highest BCUT2D eigenvalue weighted by Gasteiger charge is 2.10. The molecular formula is C23H20N4O2S. The van der Waals surface area contributed by atoms with Gasteiger partial charge in [0.05, 0.1) is 10.6 Å². The van der Waals surface area contributed by atoms with Crippen molar-refractivity contribution >= 4 is 35.1 Å². The molecule has 4 aromatic rings. The van der Waals surface area contributed by atoms with E-state index >= 15 is 0 Å².